The second-order valence-electron chi connectivity index (χ2n) is 4.76. The molecule has 70 valence electrons. The first-order valence-corrected chi connectivity index (χ1v) is 8.26. The molecular weight excluding hydrogens is 161 g/mol. The Morgan fingerprint density at radius 2 is 1.75 bits per heavy atom. The first kappa shape index (κ1) is 10.6. The molecule has 0 N–H and O–H groups in total. The third kappa shape index (κ3) is 1.37. The summed E-state index contributed by atoms with van der Waals surface area (Å²) in [6.45, 7) is 4.87. The van der Waals surface area contributed by atoms with Gasteiger partial charge in [-0.2, -0.15) is 0 Å². The number of hydrogen-bond donors (Lipinski definition) is 0. The van der Waals surface area contributed by atoms with Crippen molar-refractivity contribution in [3.8, 4) is 0 Å². The average molecular weight is 184 g/mol. The van der Waals surface area contributed by atoms with E-state index in [-0.39, 0.29) is 0 Å². The van der Waals surface area contributed by atoms with Crippen LogP contribution in [0.2, 0.25) is 0 Å². The van der Waals surface area contributed by atoms with E-state index in [0.717, 1.165) is 5.06 Å². The maximum absolute atomic E-state index is 2.57. The molecule has 1 saturated carbocycles. The van der Waals surface area contributed by atoms with E-state index < -0.39 is 7.26 Å². The van der Waals surface area contributed by atoms with E-state index in [0.29, 0.717) is 0 Å². The van der Waals surface area contributed by atoms with E-state index >= 15 is 0 Å². The van der Waals surface area contributed by atoms with Crippen molar-refractivity contribution in [1.29, 1.82) is 0 Å². The molecule has 0 radical (unpaired) electrons. The first-order chi connectivity index (χ1) is 5.64. The van der Waals surface area contributed by atoms with Crippen molar-refractivity contribution in [2.75, 3.05) is 18.4 Å². The fourth-order valence-electron chi connectivity index (χ4n) is 3.27. The standard InChI is InChI=1S/C9H23B2P/c1-3-12(4-2,8-10)9(11)6-5-7-9/h12H,3-8,10-11H2,1-2H3. The van der Waals surface area contributed by atoms with Gasteiger partial charge in [0, 0.05) is 0 Å². The van der Waals surface area contributed by atoms with Crippen LogP contribution < -0.4 is 0 Å². The van der Waals surface area contributed by atoms with E-state index in [1.165, 1.54) is 37.6 Å². The van der Waals surface area contributed by atoms with Crippen LogP contribution in [0.5, 0.6) is 0 Å². The summed E-state index contributed by atoms with van der Waals surface area (Å²) in [5.41, 5.74) is 0. The average Bonchev–Trinajstić information content (AvgIpc) is 2.05. The molecule has 1 aliphatic carbocycles. The van der Waals surface area contributed by atoms with Gasteiger partial charge in [-0.25, -0.2) is 0 Å². The van der Waals surface area contributed by atoms with E-state index in [1.54, 1.807) is 0 Å². The minimum absolute atomic E-state index is 0.825. The molecule has 1 rings (SSSR count). The first-order valence-electron chi connectivity index (χ1n) is 5.64. The Morgan fingerprint density at radius 3 is 1.83 bits per heavy atom. The van der Waals surface area contributed by atoms with Gasteiger partial charge in [0.15, 0.2) is 0 Å². The molecular formula is C9H23B2P. The molecule has 3 heteroatoms. The molecule has 0 nitrogen and oxygen atoms in total. The van der Waals surface area contributed by atoms with Gasteiger partial charge in [0.1, 0.15) is 0 Å². The molecule has 0 spiro atoms. The van der Waals surface area contributed by atoms with Gasteiger partial charge >= 0.3 is 79.5 Å². The van der Waals surface area contributed by atoms with Crippen LogP contribution in [-0.4, -0.2) is 39.1 Å². The van der Waals surface area contributed by atoms with Gasteiger partial charge in [0.2, 0.25) is 0 Å². The Kier molecular flexibility index (Phi) is 3.32. The molecule has 0 atom stereocenters. The Hall–Kier alpha value is 0.560. The van der Waals surface area contributed by atoms with Crippen molar-refractivity contribution >= 4 is 23.0 Å². The van der Waals surface area contributed by atoms with Gasteiger partial charge in [-0.05, 0) is 0 Å². The van der Waals surface area contributed by atoms with Crippen molar-refractivity contribution < 1.29 is 0 Å². The normalized spacial score (nSPS) is 23.2. The van der Waals surface area contributed by atoms with E-state index in [4.69, 9.17) is 0 Å². The maximum atomic E-state index is 2.57. The van der Waals surface area contributed by atoms with Crippen LogP contribution in [0, 0.1) is 0 Å². The SMILES string of the molecule is BC[PH](CC)(CC)C1(B)CCC1. The van der Waals surface area contributed by atoms with Gasteiger partial charge in [-0.1, -0.05) is 0 Å². The fourth-order valence-corrected chi connectivity index (χ4v) is 8.74. The van der Waals surface area contributed by atoms with Crippen molar-refractivity contribution in [2.45, 2.75) is 38.2 Å². The second-order valence-corrected chi connectivity index (χ2v) is 10.6. The monoisotopic (exact) mass is 184 g/mol. The molecule has 12 heavy (non-hydrogen) atoms. The molecule has 0 heterocycles. The van der Waals surface area contributed by atoms with Crippen LogP contribution in [-0.2, 0) is 0 Å². The van der Waals surface area contributed by atoms with Gasteiger partial charge < -0.3 is 0 Å². The van der Waals surface area contributed by atoms with Crippen molar-refractivity contribution in [1.82, 2.24) is 0 Å². The van der Waals surface area contributed by atoms with Crippen LogP contribution in [0.3, 0.4) is 0 Å². The van der Waals surface area contributed by atoms with Crippen molar-refractivity contribution in [3.05, 3.63) is 0 Å². The van der Waals surface area contributed by atoms with E-state index in [2.05, 4.69) is 29.5 Å². The zero-order valence-corrected chi connectivity index (χ0v) is 10.2. The van der Waals surface area contributed by atoms with Crippen LogP contribution >= 0.6 is 7.26 Å². The summed E-state index contributed by atoms with van der Waals surface area (Å²) in [6, 6.07) is 1.51. The Labute approximate surface area is 80.0 Å². The molecule has 0 saturated heterocycles. The van der Waals surface area contributed by atoms with Gasteiger partial charge in [0.25, 0.3) is 0 Å². The fraction of sp³-hybridized carbons (Fsp3) is 1.00. The zero-order chi connectivity index (χ0) is 9.24. The Morgan fingerprint density at radius 1 is 1.25 bits per heavy atom. The summed E-state index contributed by atoms with van der Waals surface area (Å²) in [4.78, 5) is 0. The minimum atomic E-state index is -0.858. The summed E-state index contributed by atoms with van der Waals surface area (Å²) in [6.07, 6.45) is 7.60. The van der Waals surface area contributed by atoms with Crippen LogP contribution in [0.4, 0.5) is 0 Å². The summed E-state index contributed by atoms with van der Waals surface area (Å²) in [5.74, 6) is 0. The van der Waals surface area contributed by atoms with Crippen molar-refractivity contribution in [2.24, 2.45) is 0 Å². The molecule has 1 fully saturated rings. The van der Waals surface area contributed by atoms with Gasteiger partial charge in [-0.3, -0.25) is 0 Å². The molecule has 0 unspecified atom stereocenters. The molecule has 0 aromatic rings. The quantitative estimate of drug-likeness (QED) is 0.449. The summed E-state index contributed by atoms with van der Waals surface area (Å²) in [5, 5.41) is 0.825. The molecule has 1 aliphatic rings. The van der Waals surface area contributed by atoms with E-state index in [9.17, 15) is 0 Å². The predicted molar refractivity (Wildman–Crippen MR) is 67.9 cm³/mol. The summed E-state index contributed by atoms with van der Waals surface area (Å²) >= 11 is 0. The number of rotatable bonds is 4. The second kappa shape index (κ2) is 3.74. The number of hydrogen-bond acceptors (Lipinski definition) is 0. The molecule has 0 aromatic heterocycles. The van der Waals surface area contributed by atoms with Gasteiger partial charge in [0.05, 0.1) is 0 Å². The molecule has 0 amide bonds. The van der Waals surface area contributed by atoms with Crippen LogP contribution in [0.15, 0.2) is 0 Å². The van der Waals surface area contributed by atoms with Crippen molar-refractivity contribution in [3.63, 3.8) is 0 Å². The van der Waals surface area contributed by atoms with Gasteiger partial charge in [-0.15, -0.1) is 0 Å². The Bertz CT molecular complexity index is 142. The zero-order valence-electron chi connectivity index (χ0n) is 9.24. The molecule has 0 aliphatic heterocycles. The summed E-state index contributed by atoms with van der Waals surface area (Å²) < 4.78 is 0. The topological polar surface area (TPSA) is 0 Å². The third-order valence-electron chi connectivity index (χ3n) is 4.77. The van der Waals surface area contributed by atoms with Crippen LogP contribution in [0.25, 0.3) is 0 Å². The molecule has 0 bridgehead atoms. The summed E-state index contributed by atoms with van der Waals surface area (Å²) in [7, 11) is 4.14. The van der Waals surface area contributed by atoms with Crippen LogP contribution in [0.1, 0.15) is 33.1 Å². The third-order valence-corrected chi connectivity index (χ3v) is 11.9. The predicted octanol–water partition coefficient (Wildman–Crippen LogP) is 0.880. The van der Waals surface area contributed by atoms with E-state index in [1.807, 2.05) is 0 Å². The molecule has 0 aromatic carbocycles. The Balaban J connectivity index is 2.75.